The molecule has 2 heterocycles. The zero-order chi connectivity index (χ0) is 16.7. The van der Waals surface area contributed by atoms with Crippen molar-refractivity contribution in [3.63, 3.8) is 0 Å². The van der Waals surface area contributed by atoms with E-state index in [0.29, 0.717) is 22.6 Å². The number of carboxylic acid groups (broad SMARTS) is 1. The number of nitrogens with zero attached hydrogens (tertiary/aromatic N) is 1. The third kappa shape index (κ3) is 3.21. The summed E-state index contributed by atoms with van der Waals surface area (Å²) in [6.45, 7) is 1.51. The first-order valence-corrected chi connectivity index (χ1v) is 7.77. The van der Waals surface area contributed by atoms with Gasteiger partial charge in [-0.3, -0.25) is 14.5 Å². The van der Waals surface area contributed by atoms with Crippen molar-refractivity contribution in [3.8, 4) is 0 Å². The largest absolute Gasteiger partial charge is 1.00 e. The predicted octanol–water partition coefficient (Wildman–Crippen LogP) is -3.41. The van der Waals surface area contributed by atoms with E-state index >= 15 is 0 Å². The van der Waals surface area contributed by atoms with Crippen LogP contribution in [0.15, 0.2) is 30.0 Å². The van der Waals surface area contributed by atoms with Crippen molar-refractivity contribution in [2.75, 3.05) is 5.32 Å². The molecular formula is C15H13KN2O5S. The third-order valence-electron chi connectivity index (χ3n) is 3.86. The number of amides is 2. The quantitative estimate of drug-likeness (QED) is 0.317. The van der Waals surface area contributed by atoms with Crippen molar-refractivity contribution in [2.24, 2.45) is 5.92 Å². The number of β-lactam (4-membered cyclic amide) rings is 1. The maximum Gasteiger partial charge on any atom is 1.00 e. The molecule has 0 bridgehead atoms. The number of benzene rings is 1. The summed E-state index contributed by atoms with van der Waals surface area (Å²) in [6, 6.07) is 6.58. The first-order chi connectivity index (χ1) is 11.0. The summed E-state index contributed by atoms with van der Waals surface area (Å²) >= 11 is 1.22. The molecule has 0 aliphatic carbocycles. The molecule has 7 nitrogen and oxygen atoms in total. The summed E-state index contributed by atoms with van der Waals surface area (Å²) < 4.78 is 0. The zero-order valence-electron chi connectivity index (χ0n) is 13.1. The molecule has 1 fully saturated rings. The van der Waals surface area contributed by atoms with Crippen LogP contribution in [0.25, 0.3) is 4.91 Å². The monoisotopic (exact) mass is 372 g/mol. The van der Waals surface area contributed by atoms with Gasteiger partial charge in [-0.2, -0.15) is 0 Å². The molecule has 2 amide bonds. The minimum absolute atomic E-state index is 0. The number of nitrogens with one attached hydrogen (secondary N) is 1. The van der Waals surface area contributed by atoms with Crippen LogP contribution < -0.4 is 61.8 Å². The molecule has 2 aliphatic rings. The third-order valence-corrected chi connectivity index (χ3v) is 5.27. The number of carbonyl (C=O) groups excluding carboxylic acids is 3. The van der Waals surface area contributed by atoms with Crippen LogP contribution in [0.1, 0.15) is 12.5 Å². The smallest absolute Gasteiger partial charge is 0.543 e. The fourth-order valence-electron chi connectivity index (χ4n) is 2.76. The second-order valence-corrected chi connectivity index (χ2v) is 6.41. The number of thioether (sulfide) groups is 1. The molecule has 2 N–H and O–H groups in total. The van der Waals surface area contributed by atoms with E-state index in [2.05, 4.69) is 5.32 Å². The van der Waals surface area contributed by atoms with Crippen LogP contribution in [-0.4, -0.2) is 39.8 Å². The summed E-state index contributed by atoms with van der Waals surface area (Å²) in [7, 11) is 0. The Balaban J connectivity index is 0.00000208. The molecule has 3 atom stereocenters. The summed E-state index contributed by atoms with van der Waals surface area (Å²) in [4.78, 5) is 35.6. The van der Waals surface area contributed by atoms with Gasteiger partial charge in [-0.05, 0) is 24.6 Å². The Morgan fingerprint density at radius 1 is 1.42 bits per heavy atom. The fraction of sp³-hybridized carbons (Fsp3) is 0.267. The van der Waals surface area contributed by atoms with Crippen LogP contribution >= 0.6 is 11.8 Å². The predicted molar refractivity (Wildman–Crippen MR) is 81.5 cm³/mol. The van der Waals surface area contributed by atoms with Gasteiger partial charge in [-0.1, -0.05) is 23.9 Å². The Morgan fingerprint density at radius 2 is 2.04 bits per heavy atom. The van der Waals surface area contributed by atoms with Crippen LogP contribution in [0.5, 0.6) is 0 Å². The normalized spacial score (nSPS) is 23.1. The average molecular weight is 372 g/mol. The molecule has 0 saturated carbocycles. The Morgan fingerprint density at radius 3 is 2.54 bits per heavy atom. The number of carboxylic acids is 1. The molecule has 2 aliphatic heterocycles. The molecule has 1 aromatic carbocycles. The first kappa shape index (κ1) is 19.6. The Hall–Kier alpha value is -0.684. The number of aliphatic hydroxyl groups excluding tert-OH is 1. The van der Waals surface area contributed by atoms with Gasteiger partial charge < -0.3 is 20.3 Å². The number of aliphatic carboxylic acids is 1. The second kappa shape index (κ2) is 7.69. The molecule has 0 aromatic heterocycles. The fourth-order valence-corrected chi connectivity index (χ4v) is 4.37. The van der Waals surface area contributed by atoms with Gasteiger partial charge in [0.05, 0.1) is 23.7 Å². The van der Waals surface area contributed by atoms with Gasteiger partial charge >= 0.3 is 51.4 Å². The van der Waals surface area contributed by atoms with Crippen LogP contribution in [0, 0.1) is 5.92 Å². The Kier molecular flexibility index (Phi) is 6.29. The van der Waals surface area contributed by atoms with Gasteiger partial charge in [0, 0.05) is 10.6 Å². The molecule has 0 radical (unpaired) electrons. The number of hydrogen-bond acceptors (Lipinski definition) is 6. The molecule has 1 saturated heterocycles. The molecule has 0 spiro atoms. The van der Waals surface area contributed by atoms with Gasteiger partial charge in [-0.25, -0.2) is 0 Å². The van der Waals surface area contributed by atoms with Crippen molar-refractivity contribution in [1.29, 1.82) is 0 Å². The maximum absolute atomic E-state index is 12.1. The van der Waals surface area contributed by atoms with Gasteiger partial charge in [0.2, 0.25) is 12.3 Å². The Bertz CT molecular complexity index is 719. The number of fused-ring (bicyclic) bond motifs is 1. The van der Waals surface area contributed by atoms with E-state index < -0.39 is 29.3 Å². The van der Waals surface area contributed by atoms with Crippen molar-refractivity contribution in [2.45, 2.75) is 18.4 Å². The SMILES string of the molecule is C[C@@H](O)[C@H]1C(=O)N2C(C(=O)[O-])=C(c3ccc(NC=O)cc3)S[C@H]12.[K+]. The van der Waals surface area contributed by atoms with Gasteiger partial charge in [-0.15, -0.1) is 0 Å². The van der Waals surface area contributed by atoms with Crippen LogP contribution in [0.3, 0.4) is 0 Å². The minimum atomic E-state index is -1.43. The zero-order valence-corrected chi connectivity index (χ0v) is 17.0. The molecule has 9 heteroatoms. The van der Waals surface area contributed by atoms with E-state index in [4.69, 9.17) is 0 Å². The van der Waals surface area contributed by atoms with Crippen molar-refractivity contribution in [1.82, 2.24) is 4.90 Å². The number of aliphatic hydroxyl groups is 1. The van der Waals surface area contributed by atoms with Gasteiger partial charge in [0.15, 0.2) is 0 Å². The number of rotatable bonds is 5. The molecule has 120 valence electrons. The number of carbonyl (C=O) groups is 3. The number of anilines is 1. The summed E-state index contributed by atoms with van der Waals surface area (Å²) in [5, 5.41) is 23.2. The first-order valence-electron chi connectivity index (χ1n) is 6.89. The second-order valence-electron chi connectivity index (χ2n) is 5.29. The number of hydrogen-bond donors (Lipinski definition) is 2. The maximum atomic E-state index is 12.1. The minimum Gasteiger partial charge on any atom is -0.543 e. The van der Waals surface area contributed by atoms with E-state index in [9.17, 15) is 24.6 Å². The molecule has 24 heavy (non-hydrogen) atoms. The summed E-state index contributed by atoms with van der Waals surface area (Å²) in [6.07, 6.45) is -0.305. The van der Waals surface area contributed by atoms with E-state index in [-0.39, 0.29) is 57.1 Å². The average Bonchev–Trinajstić information content (AvgIpc) is 2.83. The van der Waals surface area contributed by atoms with Crippen molar-refractivity contribution in [3.05, 3.63) is 35.5 Å². The van der Waals surface area contributed by atoms with E-state index in [1.165, 1.54) is 23.6 Å². The van der Waals surface area contributed by atoms with E-state index in [0.717, 1.165) is 0 Å². The van der Waals surface area contributed by atoms with Gasteiger partial charge in [0.1, 0.15) is 5.37 Å². The van der Waals surface area contributed by atoms with Crippen molar-refractivity contribution >= 4 is 40.6 Å². The van der Waals surface area contributed by atoms with Crippen LogP contribution in [-0.2, 0) is 14.4 Å². The van der Waals surface area contributed by atoms with Crippen LogP contribution in [0.4, 0.5) is 5.69 Å². The topological polar surface area (TPSA) is 110 Å². The molecule has 0 unspecified atom stereocenters. The van der Waals surface area contributed by atoms with E-state index in [1.807, 2.05) is 0 Å². The van der Waals surface area contributed by atoms with Gasteiger partial charge in [0.25, 0.3) is 0 Å². The standard InChI is InChI=1S/C15H14N2O5S.K/c1-7(19)10-13(20)17-11(15(21)22)12(23-14(10)17)8-2-4-9(5-3-8)16-6-18;/h2-7,10,14,19H,1H3,(H,16,18)(H,21,22);/q;+1/p-1/t7-,10+,14-;/m1./s1. The molecule has 3 rings (SSSR count). The summed E-state index contributed by atoms with van der Waals surface area (Å²) in [5.74, 6) is -2.46. The Labute approximate surface area is 184 Å². The van der Waals surface area contributed by atoms with E-state index in [1.54, 1.807) is 24.3 Å². The molecule has 1 aromatic rings. The van der Waals surface area contributed by atoms with Crippen LogP contribution in [0.2, 0.25) is 0 Å². The summed E-state index contributed by atoms with van der Waals surface area (Å²) in [5.41, 5.74) is 1.01. The molecular weight excluding hydrogens is 359 g/mol. The van der Waals surface area contributed by atoms with Crippen molar-refractivity contribution < 1.29 is 76.0 Å².